The van der Waals surface area contributed by atoms with Gasteiger partial charge in [-0.25, -0.2) is 0 Å². The van der Waals surface area contributed by atoms with Crippen molar-refractivity contribution >= 4 is 55.2 Å². The van der Waals surface area contributed by atoms with Crippen LogP contribution in [0.5, 0.6) is 0 Å². The van der Waals surface area contributed by atoms with Crippen molar-refractivity contribution in [3.63, 3.8) is 0 Å². The van der Waals surface area contributed by atoms with E-state index in [-0.39, 0.29) is 0 Å². The number of aryl methyl sites for hydroxylation is 2. The van der Waals surface area contributed by atoms with Gasteiger partial charge < -0.3 is 10.5 Å². The van der Waals surface area contributed by atoms with Gasteiger partial charge in [-0.1, -0.05) is 95.3 Å². The molecule has 5 aromatic carbocycles. The SMILES string of the molecule is Cc1cccc(C)c1C([NH-])=O.[Cl][Ti][Cl].c1ccc([Si]c2ccccc2)cc1.c1ccc2[cH-]ccc2c1. The zero-order valence-corrected chi connectivity index (χ0v) is 24.3. The van der Waals surface area contributed by atoms with Crippen LogP contribution in [0.1, 0.15) is 21.5 Å². The topological polar surface area (TPSA) is 40.9 Å². The monoisotopic (exact) mass is 563 g/mol. The minimum absolute atomic E-state index is 0.535. The van der Waals surface area contributed by atoms with Gasteiger partial charge >= 0.3 is 35.6 Å². The first-order valence-corrected chi connectivity index (χ1v) is 16.5. The molecule has 0 aromatic heterocycles. The predicted octanol–water partition coefficient (Wildman–Crippen LogP) is 7.77. The number of halogens is 2. The minimum Gasteiger partial charge on any atom is -0.168 e. The van der Waals surface area contributed by atoms with E-state index in [4.69, 9.17) is 24.3 Å². The molecule has 0 aliphatic rings. The van der Waals surface area contributed by atoms with Gasteiger partial charge in [0.05, 0.1) is 5.91 Å². The van der Waals surface area contributed by atoms with E-state index in [1.807, 2.05) is 32.0 Å². The van der Waals surface area contributed by atoms with Crippen LogP contribution < -0.4 is 10.4 Å². The second-order valence-electron chi connectivity index (χ2n) is 7.68. The molecule has 182 valence electrons. The average molecular weight is 564 g/mol. The van der Waals surface area contributed by atoms with Crippen molar-refractivity contribution in [3.8, 4) is 0 Å². The smallest absolute Gasteiger partial charge is 0.121 e. The van der Waals surface area contributed by atoms with Crippen LogP contribution in [0.2, 0.25) is 0 Å². The molecule has 0 heterocycles. The van der Waals surface area contributed by atoms with Gasteiger partial charge in [-0.3, -0.25) is 0 Å². The Morgan fingerprint density at radius 3 is 1.64 bits per heavy atom. The molecule has 0 saturated carbocycles. The van der Waals surface area contributed by atoms with E-state index in [2.05, 4.69) is 103 Å². The van der Waals surface area contributed by atoms with Gasteiger partial charge in [-0.2, -0.15) is 17.5 Å². The molecule has 36 heavy (non-hydrogen) atoms. The molecule has 0 aliphatic carbocycles. The van der Waals surface area contributed by atoms with Crippen LogP contribution in [0.25, 0.3) is 16.5 Å². The normalized spacial score (nSPS) is 9.44. The summed E-state index contributed by atoms with van der Waals surface area (Å²) in [5, 5.41) is 5.46. The third-order valence-electron chi connectivity index (χ3n) is 5.09. The van der Waals surface area contributed by atoms with Crippen molar-refractivity contribution in [2.24, 2.45) is 0 Å². The van der Waals surface area contributed by atoms with Crippen LogP contribution in [0.15, 0.2) is 121 Å². The van der Waals surface area contributed by atoms with Crippen molar-refractivity contribution in [2.45, 2.75) is 13.8 Å². The summed E-state index contributed by atoms with van der Waals surface area (Å²) >= 11 is -0.556. The second kappa shape index (κ2) is 17.0. The van der Waals surface area contributed by atoms with E-state index in [0.717, 1.165) is 20.6 Å². The molecule has 0 atom stereocenters. The molecule has 0 saturated heterocycles. The molecule has 0 spiro atoms. The van der Waals surface area contributed by atoms with Crippen molar-refractivity contribution in [2.75, 3.05) is 0 Å². The number of nitrogens with one attached hydrogen (secondary N) is 1. The second-order valence-corrected chi connectivity index (χ2v) is 11.7. The number of carbonyl (C=O) groups is 1. The molecule has 1 N–H and O–H groups in total. The van der Waals surface area contributed by atoms with Crippen LogP contribution in [-0.2, 0) is 17.0 Å². The van der Waals surface area contributed by atoms with Gasteiger partial charge in [0.15, 0.2) is 0 Å². The Bertz CT molecular complexity index is 1220. The van der Waals surface area contributed by atoms with Crippen molar-refractivity contribution in [1.29, 1.82) is 0 Å². The maximum atomic E-state index is 10.8. The molecule has 0 unspecified atom stereocenters. The fourth-order valence-electron chi connectivity index (χ4n) is 3.45. The zero-order valence-electron chi connectivity index (χ0n) is 20.2. The standard InChI is InChI=1S/C12H10Si.C9H11NO.C9H7.2ClH.Ti/c1-3-7-11(8-4-1)13-12-9-5-2-6-10-12;1-6-4-3-5-7(2)8(6)9(10)11;1-2-5-9-7-3-6-8(9)4-1;;;/h1-10H;3-5H,1-2H3,(H2,10,11);1-7H;2*1H;/q;;-1;;;+2/p-3. The maximum Gasteiger partial charge on any atom is 0.121 e. The van der Waals surface area contributed by atoms with Crippen molar-refractivity contribution in [1.82, 2.24) is 0 Å². The summed E-state index contributed by atoms with van der Waals surface area (Å²) in [6, 6.07) is 41.4. The Hall–Kier alpha value is -2.53. The van der Waals surface area contributed by atoms with E-state index < -0.39 is 22.9 Å². The predicted molar refractivity (Wildman–Crippen MR) is 154 cm³/mol. The molecular weight excluding hydrogens is 537 g/mol. The number of carbonyl (C=O) groups excluding carboxylic acids is 1. The van der Waals surface area contributed by atoms with Crippen LogP contribution in [0.3, 0.4) is 0 Å². The number of amides is 1. The molecule has 5 aromatic rings. The fraction of sp³-hybridized carbons (Fsp3) is 0.0667. The molecule has 0 bridgehead atoms. The number of hydrogen-bond acceptors (Lipinski definition) is 1. The molecule has 2 nitrogen and oxygen atoms in total. The number of rotatable bonds is 3. The Morgan fingerprint density at radius 1 is 0.722 bits per heavy atom. The minimum atomic E-state index is -0.597. The number of fused-ring (bicyclic) bond motifs is 1. The van der Waals surface area contributed by atoms with E-state index >= 15 is 0 Å². The van der Waals surface area contributed by atoms with E-state index in [1.165, 1.54) is 21.1 Å². The number of hydrogen-bond donors (Lipinski definition) is 0. The molecule has 6 heteroatoms. The number of benzene rings is 4. The first kappa shape index (κ1) is 29.7. The maximum absolute atomic E-state index is 10.8. The van der Waals surface area contributed by atoms with Gasteiger partial charge in [-0.05, 0) is 25.0 Å². The van der Waals surface area contributed by atoms with Crippen LogP contribution >= 0.6 is 18.6 Å². The fourth-order valence-corrected chi connectivity index (χ4v) is 4.50. The summed E-state index contributed by atoms with van der Waals surface area (Å²) in [5.41, 5.74) is 9.26. The molecular formula is C30H27Cl2NOSiTi-2. The largest absolute Gasteiger partial charge is 0.168 e. The molecule has 2 radical (unpaired) electrons. The average Bonchev–Trinajstić information content (AvgIpc) is 3.35. The zero-order chi connectivity index (χ0) is 26.2. The van der Waals surface area contributed by atoms with Crippen LogP contribution in [-0.4, -0.2) is 15.4 Å². The van der Waals surface area contributed by atoms with Gasteiger partial charge in [0.1, 0.15) is 9.52 Å². The quantitative estimate of drug-likeness (QED) is 0.163. The van der Waals surface area contributed by atoms with Crippen molar-refractivity contribution in [3.05, 3.63) is 144 Å². The van der Waals surface area contributed by atoms with Crippen LogP contribution in [0.4, 0.5) is 0 Å². The van der Waals surface area contributed by atoms with Gasteiger partial charge in [-0.15, -0.1) is 29.7 Å². The third-order valence-corrected chi connectivity index (χ3v) is 6.34. The Kier molecular flexibility index (Phi) is 14.0. The summed E-state index contributed by atoms with van der Waals surface area (Å²) in [5.74, 6) is -0.597. The summed E-state index contributed by atoms with van der Waals surface area (Å²) in [6.45, 7) is 3.68. The Labute approximate surface area is 233 Å². The molecule has 0 fully saturated rings. The summed E-state index contributed by atoms with van der Waals surface area (Å²) < 4.78 is 0. The molecule has 5 rings (SSSR count). The molecule has 0 aliphatic heterocycles. The first-order chi connectivity index (χ1) is 17.5. The Balaban J connectivity index is 0.000000182. The van der Waals surface area contributed by atoms with Crippen molar-refractivity contribution < 1.29 is 21.8 Å². The summed E-state index contributed by atoms with van der Waals surface area (Å²) in [7, 11) is 10.6. The summed E-state index contributed by atoms with van der Waals surface area (Å²) in [6.07, 6.45) is 0. The first-order valence-electron chi connectivity index (χ1n) is 11.2. The third kappa shape index (κ3) is 10.6. The summed E-state index contributed by atoms with van der Waals surface area (Å²) in [4.78, 5) is 10.8. The van der Waals surface area contributed by atoms with E-state index in [9.17, 15) is 4.79 Å². The van der Waals surface area contributed by atoms with Gasteiger partial charge in [0.2, 0.25) is 0 Å². The van der Waals surface area contributed by atoms with Gasteiger partial charge in [0, 0.05) is 5.56 Å². The Morgan fingerprint density at radius 2 is 1.19 bits per heavy atom. The van der Waals surface area contributed by atoms with E-state index in [0.29, 0.717) is 5.56 Å². The van der Waals surface area contributed by atoms with Gasteiger partial charge in [0.25, 0.3) is 0 Å². The van der Waals surface area contributed by atoms with Crippen LogP contribution in [0, 0.1) is 13.8 Å². The molecule has 1 amide bonds. The van der Waals surface area contributed by atoms with E-state index in [1.54, 1.807) is 0 Å².